The molecule has 0 bridgehead atoms. The maximum atomic E-state index is 12.3. The fourth-order valence-electron chi connectivity index (χ4n) is 2.38. The molecule has 0 atom stereocenters. The molecule has 0 spiro atoms. The number of hydrogen-bond donors (Lipinski definition) is 0. The third-order valence-corrected chi connectivity index (χ3v) is 3.64. The van der Waals surface area contributed by atoms with Gasteiger partial charge in [0.2, 0.25) is 0 Å². The van der Waals surface area contributed by atoms with E-state index in [-0.39, 0.29) is 5.78 Å². The molecule has 1 nitrogen and oxygen atoms in total. The fraction of sp³-hybridized carbons (Fsp3) is 0.0500. The number of aryl methyl sites for hydroxylation is 1. The van der Waals surface area contributed by atoms with E-state index in [9.17, 15) is 4.79 Å². The molecule has 0 heterocycles. The van der Waals surface area contributed by atoms with Gasteiger partial charge in [0, 0.05) is 5.56 Å². The molecule has 21 heavy (non-hydrogen) atoms. The minimum absolute atomic E-state index is 0.0315. The number of hydrogen-bond acceptors (Lipinski definition) is 1. The van der Waals surface area contributed by atoms with Gasteiger partial charge in [0.1, 0.15) is 0 Å². The van der Waals surface area contributed by atoms with E-state index in [0.29, 0.717) is 0 Å². The molecule has 0 aromatic heterocycles. The number of carbonyl (C=O) groups excluding carboxylic acids is 1. The number of ketones is 1. The summed E-state index contributed by atoms with van der Waals surface area (Å²) >= 11 is 0. The van der Waals surface area contributed by atoms with E-state index in [2.05, 4.69) is 0 Å². The molecule has 0 saturated heterocycles. The van der Waals surface area contributed by atoms with Gasteiger partial charge in [-0.1, -0.05) is 66.7 Å². The summed E-state index contributed by atoms with van der Waals surface area (Å²) in [5.74, 6) is 0.0315. The van der Waals surface area contributed by atoms with Gasteiger partial charge in [0.15, 0.2) is 5.78 Å². The van der Waals surface area contributed by atoms with Crippen LogP contribution in [-0.2, 0) is 0 Å². The molecule has 0 radical (unpaired) electrons. The maximum absolute atomic E-state index is 12.3. The predicted molar refractivity (Wildman–Crippen MR) is 88.5 cm³/mol. The van der Waals surface area contributed by atoms with Crippen molar-refractivity contribution in [3.63, 3.8) is 0 Å². The van der Waals surface area contributed by atoms with Crippen molar-refractivity contribution < 1.29 is 4.79 Å². The molecule has 0 amide bonds. The van der Waals surface area contributed by atoms with Crippen molar-refractivity contribution in [3.05, 3.63) is 89.5 Å². The molecule has 102 valence electrons. The zero-order chi connectivity index (χ0) is 14.7. The molecule has 3 rings (SSSR count). The number of benzene rings is 3. The smallest absolute Gasteiger partial charge is 0.185 e. The van der Waals surface area contributed by atoms with Gasteiger partial charge in [-0.05, 0) is 41.0 Å². The SMILES string of the molecule is Cc1ccccc1C=CC(=O)c1ccc2ccccc2c1. The van der Waals surface area contributed by atoms with Crippen LogP contribution >= 0.6 is 0 Å². The van der Waals surface area contributed by atoms with Gasteiger partial charge >= 0.3 is 0 Å². The van der Waals surface area contributed by atoms with Gasteiger partial charge in [0.25, 0.3) is 0 Å². The average Bonchev–Trinajstić information content (AvgIpc) is 2.53. The second-order valence-corrected chi connectivity index (χ2v) is 5.12. The first kappa shape index (κ1) is 13.3. The van der Waals surface area contributed by atoms with Crippen molar-refractivity contribution in [2.75, 3.05) is 0 Å². The Balaban J connectivity index is 1.89. The largest absolute Gasteiger partial charge is 0.289 e. The summed E-state index contributed by atoms with van der Waals surface area (Å²) in [5.41, 5.74) is 2.96. The van der Waals surface area contributed by atoms with E-state index >= 15 is 0 Å². The van der Waals surface area contributed by atoms with Crippen LogP contribution in [0.15, 0.2) is 72.8 Å². The monoisotopic (exact) mass is 272 g/mol. The van der Waals surface area contributed by atoms with Crippen molar-refractivity contribution in [2.24, 2.45) is 0 Å². The Bertz CT molecular complexity index is 828. The first-order valence-electron chi connectivity index (χ1n) is 7.01. The highest BCUT2D eigenvalue weighted by atomic mass is 16.1. The van der Waals surface area contributed by atoms with Gasteiger partial charge in [-0.25, -0.2) is 0 Å². The summed E-state index contributed by atoms with van der Waals surface area (Å²) in [6.07, 6.45) is 3.53. The van der Waals surface area contributed by atoms with Crippen LogP contribution in [0.25, 0.3) is 16.8 Å². The lowest BCUT2D eigenvalue weighted by atomic mass is 10.0. The molecule has 0 aliphatic rings. The lowest BCUT2D eigenvalue weighted by Gasteiger charge is -2.01. The predicted octanol–water partition coefficient (Wildman–Crippen LogP) is 5.04. The second kappa shape index (κ2) is 5.76. The molecule has 0 aliphatic carbocycles. The highest BCUT2D eigenvalue weighted by Gasteiger charge is 2.03. The summed E-state index contributed by atoms with van der Waals surface area (Å²) in [4.78, 5) is 12.3. The standard InChI is InChI=1S/C20H16O/c1-15-6-2-3-7-16(15)12-13-20(21)19-11-10-17-8-4-5-9-18(17)14-19/h2-14H,1H3. The second-order valence-electron chi connectivity index (χ2n) is 5.12. The number of carbonyl (C=O) groups is 1. The third-order valence-electron chi connectivity index (χ3n) is 3.64. The van der Waals surface area contributed by atoms with E-state index in [4.69, 9.17) is 0 Å². The number of allylic oxidation sites excluding steroid dienone is 1. The Kier molecular flexibility index (Phi) is 3.65. The first-order chi connectivity index (χ1) is 10.2. The summed E-state index contributed by atoms with van der Waals surface area (Å²) in [7, 11) is 0. The molecular weight excluding hydrogens is 256 g/mol. The van der Waals surface area contributed by atoms with Crippen LogP contribution in [-0.4, -0.2) is 5.78 Å². The van der Waals surface area contributed by atoms with Gasteiger partial charge in [-0.3, -0.25) is 4.79 Å². The Labute approximate surface area is 124 Å². The molecule has 0 unspecified atom stereocenters. The van der Waals surface area contributed by atoms with E-state index in [1.54, 1.807) is 6.08 Å². The summed E-state index contributed by atoms with van der Waals surface area (Å²) in [6, 6.07) is 21.9. The molecular formula is C20H16O. The Hall–Kier alpha value is -2.67. The van der Waals surface area contributed by atoms with Crippen molar-refractivity contribution in [1.82, 2.24) is 0 Å². The lowest BCUT2D eigenvalue weighted by Crippen LogP contribution is -1.94. The fourth-order valence-corrected chi connectivity index (χ4v) is 2.38. The summed E-state index contributed by atoms with van der Waals surface area (Å²) in [6.45, 7) is 2.04. The topological polar surface area (TPSA) is 17.1 Å². The van der Waals surface area contributed by atoms with Crippen LogP contribution in [0, 0.1) is 6.92 Å². The minimum atomic E-state index is 0.0315. The van der Waals surface area contributed by atoms with E-state index in [1.165, 1.54) is 5.56 Å². The average molecular weight is 272 g/mol. The van der Waals surface area contributed by atoms with Gasteiger partial charge in [-0.2, -0.15) is 0 Å². The lowest BCUT2D eigenvalue weighted by molar-refractivity contribution is 0.104. The molecule has 0 N–H and O–H groups in total. The van der Waals surface area contributed by atoms with Crippen LogP contribution in [0.5, 0.6) is 0 Å². The van der Waals surface area contributed by atoms with Gasteiger partial charge in [0.05, 0.1) is 0 Å². The van der Waals surface area contributed by atoms with Crippen molar-refractivity contribution in [2.45, 2.75) is 6.92 Å². The van der Waals surface area contributed by atoms with Crippen molar-refractivity contribution >= 4 is 22.6 Å². The van der Waals surface area contributed by atoms with Crippen molar-refractivity contribution in [3.8, 4) is 0 Å². The van der Waals surface area contributed by atoms with Gasteiger partial charge < -0.3 is 0 Å². The van der Waals surface area contributed by atoms with E-state index in [1.807, 2.05) is 79.7 Å². The molecule has 3 aromatic carbocycles. The van der Waals surface area contributed by atoms with E-state index < -0.39 is 0 Å². The molecule has 0 aliphatic heterocycles. The maximum Gasteiger partial charge on any atom is 0.185 e. The van der Waals surface area contributed by atoms with Crippen molar-refractivity contribution in [1.29, 1.82) is 0 Å². The number of fused-ring (bicyclic) bond motifs is 1. The quantitative estimate of drug-likeness (QED) is 0.482. The summed E-state index contributed by atoms with van der Waals surface area (Å²) < 4.78 is 0. The molecule has 1 heteroatoms. The zero-order valence-corrected chi connectivity index (χ0v) is 11.9. The highest BCUT2D eigenvalue weighted by molar-refractivity contribution is 6.08. The first-order valence-corrected chi connectivity index (χ1v) is 7.01. The van der Waals surface area contributed by atoms with Crippen LogP contribution < -0.4 is 0 Å². The number of rotatable bonds is 3. The summed E-state index contributed by atoms with van der Waals surface area (Å²) in [5, 5.41) is 2.24. The van der Waals surface area contributed by atoms with Crippen LogP contribution in [0.1, 0.15) is 21.5 Å². The molecule has 3 aromatic rings. The Morgan fingerprint density at radius 1 is 0.857 bits per heavy atom. The van der Waals surface area contributed by atoms with Crippen LogP contribution in [0.4, 0.5) is 0 Å². The van der Waals surface area contributed by atoms with Crippen LogP contribution in [0.2, 0.25) is 0 Å². The molecule has 0 fully saturated rings. The minimum Gasteiger partial charge on any atom is -0.289 e. The molecule has 0 saturated carbocycles. The Morgan fingerprint density at radius 3 is 2.38 bits per heavy atom. The van der Waals surface area contributed by atoms with Gasteiger partial charge in [-0.15, -0.1) is 0 Å². The van der Waals surface area contributed by atoms with E-state index in [0.717, 1.165) is 21.9 Å². The van der Waals surface area contributed by atoms with Crippen LogP contribution in [0.3, 0.4) is 0 Å². The highest BCUT2D eigenvalue weighted by Crippen LogP contribution is 2.17. The normalized spacial score (nSPS) is 11.1. The Morgan fingerprint density at radius 2 is 1.57 bits per heavy atom. The zero-order valence-electron chi connectivity index (χ0n) is 11.9. The third kappa shape index (κ3) is 2.92.